The molecule has 23 heavy (non-hydrogen) atoms. The van der Waals surface area contributed by atoms with Gasteiger partial charge in [0.2, 0.25) is 0 Å². The summed E-state index contributed by atoms with van der Waals surface area (Å²) in [5.41, 5.74) is 1.89. The minimum atomic E-state index is -0.603. The molecule has 4 heteroatoms. The summed E-state index contributed by atoms with van der Waals surface area (Å²) in [6, 6.07) is 11.7. The van der Waals surface area contributed by atoms with Crippen LogP contribution in [0, 0.1) is 11.3 Å². The van der Waals surface area contributed by atoms with Crippen molar-refractivity contribution in [2.45, 2.75) is 13.8 Å². The monoisotopic (exact) mass is 310 g/mol. The van der Waals surface area contributed by atoms with Gasteiger partial charge in [-0.05, 0) is 43.3 Å². The topological polar surface area (TPSA) is 53.3 Å². The third-order valence-corrected chi connectivity index (χ3v) is 3.16. The molecule has 0 fully saturated rings. The predicted molar refractivity (Wildman–Crippen MR) is 92.2 cm³/mol. The van der Waals surface area contributed by atoms with Crippen LogP contribution in [0.3, 0.4) is 0 Å². The van der Waals surface area contributed by atoms with E-state index in [1.165, 1.54) is 6.08 Å². The summed E-state index contributed by atoms with van der Waals surface area (Å²) in [6.45, 7) is 4.90. The molecule has 0 bridgehead atoms. The Labute approximate surface area is 138 Å². The van der Waals surface area contributed by atoms with Crippen molar-refractivity contribution < 1.29 is 9.53 Å². The maximum absolute atomic E-state index is 11.7. The molecule has 1 aromatic carbocycles. The number of rotatable bonds is 7. The third kappa shape index (κ3) is 6.23. The second-order valence-corrected chi connectivity index (χ2v) is 4.79. The molecule has 0 heterocycles. The van der Waals surface area contributed by atoms with E-state index in [1.54, 1.807) is 13.0 Å². The van der Waals surface area contributed by atoms with Crippen LogP contribution in [0.15, 0.2) is 60.3 Å². The summed E-state index contributed by atoms with van der Waals surface area (Å²) in [5, 5.41) is 9.09. The Kier molecular flexibility index (Phi) is 7.95. The summed E-state index contributed by atoms with van der Waals surface area (Å²) in [6.07, 6.45) is 7.17. The second kappa shape index (κ2) is 10.0. The molecule has 0 saturated heterocycles. The molecule has 0 saturated carbocycles. The van der Waals surface area contributed by atoms with Gasteiger partial charge in [-0.1, -0.05) is 36.4 Å². The number of ether oxygens (including phenoxy) is 1. The lowest BCUT2D eigenvalue weighted by atomic mass is 10.0. The van der Waals surface area contributed by atoms with Gasteiger partial charge in [0.15, 0.2) is 0 Å². The summed E-state index contributed by atoms with van der Waals surface area (Å²) in [5.74, 6) is -0.603. The number of nitrogens with zero attached hydrogens (tertiary/aromatic N) is 2. The van der Waals surface area contributed by atoms with Gasteiger partial charge in [0.05, 0.1) is 6.61 Å². The summed E-state index contributed by atoms with van der Waals surface area (Å²) in [7, 11) is 1.98. The normalized spacial score (nSPS) is 12.1. The number of benzene rings is 1. The van der Waals surface area contributed by atoms with Crippen molar-refractivity contribution in [3.8, 4) is 6.07 Å². The molecule has 0 spiro atoms. The largest absolute Gasteiger partial charge is 0.462 e. The Morgan fingerprint density at radius 3 is 2.52 bits per heavy atom. The average Bonchev–Trinajstić information content (AvgIpc) is 2.58. The van der Waals surface area contributed by atoms with E-state index in [1.807, 2.05) is 60.6 Å². The molecule has 120 valence electrons. The summed E-state index contributed by atoms with van der Waals surface area (Å²) in [4.78, 5) is 13.7. The minimum Gasteiger partial charge on any atom is -0.462 e. The molecular weight excluding hydrogens is 288 g/mol. The van der Waals surface area contributed by atoms with E-state index in [0.717, 1.165) is 17.7 Å². The molecule has 0 atom stereocenters. The van der Waals surface area contributed by atoms with Crippen molar-refractivity contribution in [2.75, 3.05) is 20.2 Å². The maximum atomic E-state index is 11.7. The van der Waals surface area contributed by atoms with Crippen LogP contribution in [0.1, 0.15) is 19.4 Å². The number of nitriles is 1. The first-order valence-electron chi connectivity index (χ1n) is 7.55. The molecule has 0 N–H and O–H groups in total. The van der Waals surface area contributed by atoms with Crippen molar-refractivity contribution in [3.63, 3.8) is 0 Å². The standard InChI is InChI=1S/C19H22N2O2/c1-4-21(3)14-13-17(16-9-7-6-8-10-16)11-12-18(15-20)19(22)23-5-2/h6-14H,4-5H2,1-3H3. The SMILES string of the molecule is CCOC(=O)C(C#N)=CC=C(C=CN(C)CC)c1ccccc1. The molecule has 0 aliphatic carbocycles. The first-order chi connectivity index (χ1) is 11.1. The Balaban J connectivity index is 3.15. The van der Waals surface area contributed by atoms with Crippen molar-refractivity contribution in [2.24, 2.45) is 0 Å². The number of allylic oxidation sites excluding steroid dienone is 4. The van der Waals surface area contributed by atoms with Gasteiger partial charge in [-0.3, -0.25) is 0 Å². The quantitative estimate of drug-likeness (QED) is 0.334. The first-order valence-corrected chi connectivity index (χ1v) is 7.55. The zero-order valence-corrected chi connectivity index (χ0v) is 13.8. The van der Waals surface area contributed by atoms with Gasteiger partial charge in [-0.25, -0.2) is 4.79 Å². The highest BCUT2D eigenvalue weighted by atomic mass is 16.5. The van der Waals surface area contributed by atoms with Crippen LogP contribution in [0.5, 0.6) is 0 Å². The molecule has 4 nitrogen and oxygen atoms in total. The first kappa shape index (κ1) is 18.2. The average molecular weight is 310 g/mol. The van der Waals surface area contributed by atoms with E-state index >= 15 is 0 Å². The highest BCUT2D eigenvalue weighted by Crippen LogP contribution is 2.16. The molecule has 0 amide bonds. The van der Waals surface area contributed by atoms with Crippen LogP contribution >= 0.6 is 0 Å². The van der Waals surface area contributed by atoms with Crippen molar-refractivity contribution in [1.82, 2.24) is 4.90 Å². The lowest BCUT2D eigenvalue weighted by molar-refractivity contribution is -0.138. The van der Waals surface area contributed by atoms with Crippen molar-refractivity contribution >= 4 is 11.5 Å². The Bertz CT molecular complexity index is 637. The molecule has 1 aromatic rings. The molecule has 0 radical (unpaired) electrons. The Morgan fingerprint density at radius 1 is 1.26 bits per heavy atom. The maximum Gasteiger partial charge on any atom is 0.348 e. The number of esters is 1. The zero-order valence-electron chi connectivity index (χ0n) is 13.8. The van der Waals surface area contributed by atoms with Crippen LogP contribution in [-0.2, 0) is 9.53 Å². The van der Waals surface area contributed by atoms with Crippen LogP contribution in [0.2, 0.25) is 0 Å². The Hall–Kier alpha value is -2.80. The van der Waals surface area contributed by atoms with Gasteiger partial charge in [-0.2, -0.15) is 5.26 Å². The minimum absolute atomic E-state index is 0.0162. The molecule has 0 aliphatic heterocycles. The van der Waals surface area contributed by atoms with Crippen LogP contribution in [0.25, 0.3) is 5.57 Å². The molecule has 0 aliphatic rings. The molecule has 0 aromatic heterocycles. The Morgan fingerprint density at radius 2 is 1.96 bits per heavy atom. The number of carbonyl (C=O) groups excluding carboxylic acids is 1. The highest BCUT2D eigenvalue weighted by molar-refractivity contribution is 5.93. The van der Waals surface area contributed by atoms with Gasteiger partial charge in [-0.15, -0.1) is 0 Å². The van der Waals surface area contributed by atoms with E-state index in [0.29, 0.717) is 0 Å². The van der Waals surface area contributed by atoms with Gasteiger partial charge in [0.1, 0.15) is 11.6 Å². The molecular formula is C19H22N2O2. The zero-order chi connectivity index (χ0) is 17.1. The van der Waals surface area contributed by atoms with E-state index in [4.69, 9.17) is 10.00 Å². The number of hydrogen-bond acceptors (Lipinski definition) is 4. The van der Waals surface area contributed by atoms with Crippen molar-refractivity contribution in [3.05, 3.63) is 65.9 Å². The van der Waals surface area contributed by atoms with Crippen LogP contribution < -0.4 is 0 Å². The number of carbonyl (C=O) groups is 1. The van der Waals surface area contributed by atoms with E-state index in [9.17, 15) is 4.79 Å². The van der Waals surface area contributed by atoms with Crippen LogP contribution in [-0.4, -0.2) is 31.1 Å². The summed E-state index contributed by atoms with van der Waals surface area (Å²) >= 11 is 0. The lowest BCUT2D eigenvalue weighted by Gasteiger charge is -2.10. The van der Waals surface area contributed by atoms with Gasteiger partial charge in [0.25, 0.3) is 0 Å². The van der Waals surface area contributed by atoms with E-state index < -0.39 is 5.97 Å². The summed E-state index contributed by atoms with van der Waals surface area (Å²) < 4.78 is 4.86. The second-order valence-electron chi connectivity index (χ2n) is 4.79. The van der Waals surface area contributed by atoms with E-state index in [-0.39, 0.29) is 12.2 Å². The molecule has 0 unspecified atom stereocenters. The van der Waals surface area contributed by atoms with Crippen molar-refractivity contribution in [1.29, 1.82) is 5.26 Å². The molecule has 1 rings (SSSR count). The van der Waals surface area contributed by atoms with E-state index in [2.05, 4.69) is 6.92 Å². The highest BCUT2D eigenvalue weighted by Gasteiger charge is 2.08. The van der Waals surface area contributed by atoms with Gasteiger partial charge < -0.3 is 9.64 Å². The third-order valence-electron chi connectivity index (χ3n) is 3.16. The predicted octanol–water partition coefficient (Wildman–Crippen LogP) is 3.55. The van der Waals surface area contributed by atoms with Gasteiger partial charge in [0, 0.05) is 13.6 Å². The smallest absolute Gasteiger partial charge is 0.348 e. The fraction of sp³-hybridized carbons (Fsp3) is 0.263. The fourth-order valence-corrected chi connectivity index (χ4v) is 1.72. The fourth-order valence-electron chi connectivity index (χ4n) is 1.72. The lowest BCUT2D eigenvalue weighted by Crippen LogP contribution is -2.08. The number of hydrogen-bond donors (Lipinski definition) is 0. The van der Waals surface area contributed by atoms with Crippen LogP contribution in [0.4, 0.5) is 0 Å². The van der Waals surface area contributed by atoms with Gasteiger partial charge >= 0.3 is 5.97 Å².